The summed E-state index contributed by atoms with van der Waals surface area (Å²) in [5.74, 6) is -0.208. The van der Waals surface area contributed by atoms with Gasteiger partial charge in [-0.1, -0.05) is 12.1 Å². The van der Waals surface area contributed by atoms with Gasteiger partial charge in [0.2, 0.25) is 0 Å². The van der Waals surface area contributed by atoms with Crippen molar-refractivity contribution >= 4 is 22.8 Å². The normalized spacial score (nSPS) is 10.6. The van der Waals surface area contributed by atoms with Gasteiger partial charge in [0.25, 0.3) is 5.91 Å². The maximum absolute atomic E-state index is 12.2. The Hall–Kier alpha value is -2.89. The van der Waals surface area contributed by atoms with Crippen LogP contribution >= 0.6 is 0 Å². The van der Waals surface area contributed by atoms with E-state index >= 15 is 0 Å². The minimum Gasteiger partial charge on any atom is -0.378 e. The minimum atomic E-state index is -0.208. The van der Waals surface area contributed by atoms with Crippen LogP contribution in [0.3, 0.4) is 0 Å². The summed E-state index contributed by atoms with van der Waals surface area (Å²) in [7, 11) is 3.97. The van der Waals surface area contributed by atoms with Crippen molar-refractivity contribution in [2.45, 2.75) is 6.54 Å². The lowest BCUT2D eigenvalue weighted by atomic mass is 10.2. The summed E-state index contributed by atoms with van der Waals surface area (Å²) in [5, 5.41) is 2.88. The van der Waals surface area contributed by atoms with Crippen molar-refractivity contribution in [1.82, 2.24) is 20.3 Å². The van der Waals surface area contributed by atoms with Crippen molar-refractivity contribution in [3.63, 3.8) is 0 Å². The molecule has 0 aliphatic heterocycles. The topological polar surface area (TPSA) is 73.9 Å². The molecule has 2 N–H and O–H groups in total. The molecule has 0 saturated heterocycles. The lowest BCUT2D eigenvalue weighted by molar-refractivity contribution is 0.0946. The van der Waals surface area contributed by atoms with Crippen LogP contribution in [0.2, 0.25) is 0 Å². The molecule has 0 atom stereocenters. The molecular formula is C16H17N5O. The summed E-state index contributed by atoms with van der Waals surface area (Å²) < 4.78 is 0. The Morgan fingerprint density at radius 2 is 2.14 bits per heavy atom. The number of carbonyl (C=O) groups is 1. The Bertz CT molecular complexity index is 809. The van der Waals surface area contributed by atoms with Gasteiger partial charge in [0.15, 0.2) is 5.65 Å². The molecule has 1 amide bonds. The summed E-state index contributed by atoms with van der Waals surface area (Å²) in [6.45, 7) is 0.459. The zero-order valence-electron chi connectivity index (χ0n) is 12.5. The van der Waals surface area contributed by atoms with Gasteiger partial charge in [0, 0.05) is 26.3 Å². The van der Waals surface area contributed by atoms with E-state index < -0.39 is 0 Å². The molecule has 0 unspecified atom stereocenters. The number of carbonyl (C=O) groups excluding carboxylic acids is 1. The lowest BCUT2D eigenvalue weighted by Gasteiger charge is -2.13. The first kappa shape index (κ1) is 14.1. The van der Waals surface area contributed by atoms with Gasteiger partial charge in [-0.25, -0.2) is 9.97 Å². The third-order valence-electron chi connectivity index (χ3n) is 3.39. The molecular weight excluding hydrogens is 278 g/mol. The smallest absolute Gasteiger partial charge is 0.270 e. The van der Waals surface area contributed by atoms with Crippen LogP contribution in [0.25, 0.3) is 11.2 Å². The van der Waals surface area contributed by atoms with Crippen LogP contribution in [-0.2, 0) is 6.54 Å². The van der Waals surface area contributed by atoms with Crippen LogP contribution in [0.4, 0.5) is 5.69 Å². The number of aromatic amines is 1. The molecule has 22 heavy (non-hydrogen) atoms. The minimum absolute atomic E-state index is 0.208. The van der Waals surface area contributed by atoms with E-state index in [1.54, 1.807) is 18.5 Å². The molecule has 0 fully saturated rings. The van der Waals surface area contributed by atoms with Crippen LogP contribution < -0.4 is 10.2 Å². The van der Waals surface area contributed by atoms with E-state index in [9.17, 15) is 4.79 Å². The summed E-state index contributed by atoms with van der Waals surface area (Å²) >= 11 is 0. The Morgan fingerprint density at radius 1 is 1.27 bits per heavy atom. The molecule has 3 rings (SSSR count). The molecule has 6 nitrogen and oxygen atoms in total. The summed E-state index contributed by atoms with van der Waals surface area (Å²) in [5.41, 5.74) is 3.86. The highest BCUT2D eigenvalue weighted by molar-refractivity contribution is 5.93. The van der Waals surface area contributed by atoms with Crippen LogP contribution in [-0.4, -0.2) is 35.0 Å². The SMILES string of the molecule is CN(C)c1cccc(CNC(=O)c2ccc3[nH]cnc3n2)c1. The number of hydrogen-bond donors (Lipinski definition) is 2. The van der Waals surface area contributed by atoms with Crippen molar-refractivity contribution in [2.75, 3.05) is 19.0 Å². The highest BCUT2D eigenvalue weighted by Gasteiger charge is 2.09. The molecule has 2 heterocycles. The van der Waals surface area contributed by atoms with E-state index in [1.807, 2.05) is 43.3 Å². The number of H-pyrrole nitrogens is 1. The molecule has 0 bridgehead atoms. The fraction of sp³-hybridized carbons (Fsp3) is 0.188. The number of hydrogen-bond acceptors (Lipinski definition) is 4. The van der Waals surface area contributed by atoms with Crippen molar-refractivity contribution in [2.24, 2.45) is 0 Å². The fourth-order valence-electron chi connectivity index (χ4n) is 2.17. The second-order valence-electron chi connectivity index (χ2n) is 5.22. The monoisotopic (exact) mass is 295 g/mol. The Labute approximate surface area is 128 Å². The van der Waals surface area contributed by atoms with Crippen molar-refractivity contribution in [3.8, 4) is 0 Å². The van der Waals surface area contributed by atoms with Gasteiger partial charge in [-0.15, -0.1) is 0 Å². The third-order valence-corrected chi connectivity index (χ3v) is 3.39. The van der Waals surface area contributed by atoms with E-state index in [4.69, 9.17) is 0 Å². The number of anilines is 1. The van der Waals surface area contributed by atoms with Crippen LogP contribution in [0, 0.1) is 0 Å². The quantitative estimate of drug-likeness (QED) is 0.771. The highest BCUT2D eigenvalue weighted by Crippen LogP contribution is 2.13. The average molecular weight is 295 g/mol. The van der Waals surface area contributed by atoms with Gasteiger partial charge >= 0.3 is 0 Å². The van der Waals surface area contributed by atoms with Crippen LogP contribution in [0.1, 0.15) is 16.1 Å². The van der Waals surface area contributed by atoms with Crippen LogP contribution in [0.15, 0.2) is 42.7 Å². The van der Waals surface area contributed by atoms with Gasteiger partial charge in [-0.05, 0) is 29.8 Å². The van der Waals surface area contributed by atoms with Crippen molar-refractivity contribution in [3.05, 3.63) is 54.0 Å². The molecule has 6 heteroatoms. The fourth-order valence-corrected chi connectivity index (χ4v) is 2.17. The number of rotatable bonds is 4. The Kier molecular flexibility index (Phi) is 3.74. The molecule has 1 aromatic carbocycles. The Balaban J connectivity index is 1.70. The highest BCUT2D eigenvalue weighted by atomic mass is 16.1. The number of nitrogens with one attached hydrogen (secondary N) is 2. The standard InChI is InChI=1S/C16H17N5O/c1-21(2)12-5-3-4-11(8-12)9-17-16(22)14-7-6-13-15(20-14)19-10-18-13/h3-8,10H,9H2,1-2H3,(H,17,22)(H,18,19,20). The first-order valence-corrected chi connectivity index (χ1v) is 6.98. The molecule has 0 saturated carbocycles. The number of pyridine rings is 1. The number of amides is 1. The van der Waals surface area contributed by atoms with Gasteiger partial charge < -0.3 is 15.2 Å². The predicted molar refractivity (Wildman–Crippen MR) is 85.8 cm³/mol. The van der Waals surface area contributed by atoms with Crippen molar-refractivity contribution in [1.29, 1.82) is 0 Å². The number of fused-ring (bicyclic) bond motifs is 1. The van der Waals surface area contributed by atoms with E-state index in [2.05, 4.69) is 20.3 Å². The van der Waals surface area contributed by atoms with E-state index in [1.165, 1.54) is 0 Å². The van der Waals surface area contributed by atoms with Crippen LogP contribution in [0.5, 0.6) is 0 Å². The number of nitrogens with zero attached hydrogens (tertiary/aromatic N) is 3. The van der Waals surface area contributed by atoms with Gasteiger partial charge in [-0.3, -0.25) is 4.79 Å². The third kappa shape index (κ3) is 2.90. The van der Waals surface area contributed by atoms with Gasteiger partial charge in [-0.2, -0.15) is 0 Å². The molecule has 0 spiro atoms. The molecule has 3 aromatic rings. The Morgan fingerprint density at radius 3 is 2.95 bits per heavy atom. The lowest BCUT2D eigenvalue weighted by Crippen LogP contribution is -2.24. The first-order valence-electron chi connectivity index (χ1n) is 6.98. The van der Waals surface area contributed by atoms with Gasteiger partial charge in [0.1, 0.15) is 5.69 Å². The summed E-state index contributed by atoms with van der Waals surface area (Å²) in [4.78, 5) is 25.4. The first-order chi connectivity index (χ1) is 10.6. The molecule has 0 aliphatic carbocycles. The average Bonchev–Trinajstić information content (AvgIpc) is 3.00. The number of benzene rings is 1. The maximum Gasteiger partial charge on any atom is 0.270 e. The molecule has 112 valence electrons. The number of aromatic nitrogens is 3. The second-order valence-corrected chi connectivity index (χ2v) is 5.22. The molecule has 0 aliphatic rings. The number of imidazole rings is 1. The largest absolute Gasteiger partial charge is 0.378 e. The summed E-state index contributed by atoms with van der Waals surface area (Å²) in [6, 6.07) is 11.5. The van der Waals surface area contributed by atoms with Crippen molar-refractivity contribution < 1.29 is 4.79 Å². The van der Waals surface area contributed by atoms with E-state index in [0.29, 0.717) is 17.9 Å². The van der Waals surface area contributed by atoms with Gasteiger partial charge in [0.05, 0.1) is 11.8 Å². The van der Waals surface area contributed by atoms with E-state index in [0.717, 1.165) is 16.8 Å². The molecule has 0 radical (unpaired) electrons. The second kappa shape index (κ2) is 5.85. The maximum atomic E-state index is 12.2. The zero-order chi connectivity index (χ0) is 15.5. The van der Waals surface area contributed by atoms with E-state index in [-0.39, 0.29) is 5.91 Å². The predicted octanol–water partition coefficient (Wildman–Crippen LogP) is 1.95. The zero-order valence-corrected chi connectivity index (χ0v) is 12.5. The summed E-state index contributed by atoms with van der Waals surface area (Å²) in [6.07, 6.45) is 1.56. The molecule has 2 aromatic heterocycles.